The first kappa shape index (κ1) is 17.0. The van der Waals surface area contributed by atoms with E-state index in [1.807, 2.05) is 41.3 Å². The summed E-state index contributed by atoms with van der Waals surface area (Å²) in [4.78, 5) is 25.4. The zero-order chi connectivity index (χ0) is 17.6. The Morgan fingerprint density at radius 1 is 1.20 bits per heavy atom. The number of benzene rings is 2. The zero-order valence-electron chi connectivity index (χ0n) is 13.5. The van der Waals surface area contributed by atoms with Crippen molar-refractivity contribution in [2.75, 3.05) is 29.9 Å². The summed E-state index contributed by atoms with van der Waals surface area (Å²) < 4.78 is 0. The summed E-state index contributed by atoms with van der Waals surface area (Å²) in [6, 6.07) is 14.9. The van der Waals surface area contributed by atoms with Gasteiger partial charge >= 0.3 is 0 Å². The lowest BCUT2D eigenvalue weighted by Gasteiger charge is -2.29. The highest BCUT2D eigenvalue weighted by Gasteiger charge is 2.18. The molecule has 1 fully saturated rings. The number of carbonyl (C=O) groups excluding carboxylic acids is 2. The minimum Gasteiger partial charge on any atom is -0.359 e. The Bertz CT molecular complexity index is 806. The van der Waals surface area contributed by atoms with Crippen molar-refractivity contribution in [1.82, 2.24) is 5.32 Å². The molecule has 0 spiro atoms. The number of nitrogens with zero attached hydrogens (tertiary/aromatic N) is 1. The molecular weight excluding hydrogens is 338 g/mol. The standard InChI is InChI=1S/C19H18ClN3O2/c20-16-12-15(7-8-17(16)23-11-10-21-19(25)13-23)22-18(24)9-6-14-4-2-1-3-5-14/h1-9,12H,10-11,13H2,(H,21,25)(H,22,24)/b9-6+. The third-order valence-corrected chi connectivity index (χ3v) is 4.12. The van der Waals surface area contributed by atoms with Crippen molar-refractivity contribution in [3.8, 4) is 0 Å². The van der Waals surface area contributed by atoms with Gasteiger partial charge < -0.3 is 15.5 Å². The van der Waals surface area contributed by atoms with Crippen molar-refractivity contribution >= 4 is 40.9 Å². The SMILES string of the molecule is O=C(/C=C/c1ccccc1)Nc1ccc(N2CCNC(=O)C2)c(Cl)c1. The van der Waals surface area contributed by atoms with E-state index in [0.717, 1.165) is 11.3 Å². The van der Waals surface area contributed by atoms with Crippen LogP contribution in [0.4, 0.5) is 11.4 Å². The summed E-state index contributed by atoms with van der Waals surface area (Å²) in [6.07, 6.45) is 3.23. The minimum atomic E-state index is -0.231. The van der Waals surface area contributed by atoms with E-state index in [1.54, 1.807) is 18.2 Å². The third-order valence-electron chi connectivity index (χ3n) is 3.82. The molecular formula is C19H18ClN3O2. The summed E-state index contributed by atoms with van der Waals surface area (Å²) in [7, 11) is 0. The summed E-state index contributed by atoms with van der Waals surface area (Å²) in [5.41, 5.74) is 2.35. The first-order valence-corrected chi connectivity index (χ1v) is 8.35. The maximum atomic E-state index is 12.0. The number of amides is 2. The van der Waals surface area contributed by atoms with Crippen LogP contribution in [0, 0.1) is 0 Å². The van der Waals surface area contributed by atoms with Gasteiger partial charge in [0.05, 0.1) is 17.3 Å². The van der Waals surface area contributed by atoms with Gasteiger partial charge in [0.25, 0.3) is 0 Å². The summed E-state index contributed by atoms with van der Waals surface area (Å²) in [6.45, 7) is 1.58. The Morgan fingerprint density at radius 2 is 2.00 bits per heavy atom. The lowest BCUT2D eigenvalue weighted by atomic mass is 10.2. The molecule has 0 radical (unpaired) electrons. The number of hydrogen-bond donors (Lipinski definition) is 2. The molecule has 1 aliphatic heterocycles. The van der Waals surface area contributed by atoms with Gasteiger partial charge in [0.15, 0.2) is 0 Å². The van der Waals surface area contributed by atoms with Crippen LogP contribution < -0.4 is 15.5 Å². The monoisotopic (exact) mass is 355 g/mol. The van der Waals surface area contributed by atoms with Crippen LogP contribution >= 0.6 is 11.6 Å². The fourth-order valence-electron chi connectivity index (χ4n) is 2.61. The summed E-state index contributed by atoms with van der Waals surface area (Å²) in [5, 5.41) is 6.06. The molecule has 1 saturated heterocycles. The van der Waals surface area contributed by atoms with Crippen LogP contribution in [0.15, 0.2) is 54.6 Å². The minimum absolute atomic E-state index is 0.0225. The smallest absolute Gasteiger partial charge is 0.248 e. The molecule has 128 valence electrons. The molecule has 0 atom stereocenters. The van der Waals surface area contributed by atoms with Gasteiger partial charge in [-0.2, -0.15) is 0 Å². The van der Waals surface area contributed by atoms with Gasteiger partial charge in [-0.05, 0) is 29.8 Å². The molecule has 0 unspecified atom stereocenters. The number of anilines is 2. The molecule has 2 aromatic carbocycles. The second-order valence-electron chi connectivity index (χ2n) is 5.67. The predicted octanol–water partition coefficient (Wildman–Crippen LogP) is 2.93. The average molecular weight is 356 g/mol. The lowest BCUT2D eigenvalue weighted by Crippen LogP contribution is -2.47. The summed E-state index contributed by atoms with van der Waals surface area (Å²) >= 11 is 6.32. The van der Waals surface area contributed by atoms with E-state index in [9.17, 15) is 9.59 Å². The number of nitrogens with one attached hydrogen (secondary N) is 2. The molecule has 5 nitrogen and oxygen atoms in total. The average Bonchev–Trinajstić information content (AvgIpc) is 2.61. The van der Waals surface area contributed by atoms with E-state index in [1.165, 1.54) is 6.08 Å². The Labute approximate surface area is 151 Å². The van der Waals surface area contributed by atoms with E-state index >= 15 is 0 Å². The van der Waals surface area contributed by atoms with E-state index in [0.29, 0.717) is 23.8 Å². The number of piperazine rings is 1. The van der Waals surface area contributed by atoms with E-state index in [4.69, 9.17) is 11.6 Å². The van der Waals surface area contributed by atoms with Crippen LogP contribution in [-0.2, 0) is 9.59 Å². The van der Waals surface area contributed by atoms with Gasteiger partial charge in [-0.15, -0.1) is 0 Å². The molecule has 0 saturated carbocycles. The van der Waals surface area contributed by atoms with E-state index < -0.39 is 0 Å². The van der Waals surface area contributed by atoms with Gasteiger partial charge in [0.1, 0.15) is 0 Å². The van der Waals surface area contributed by atoms with Crippen molar-refractivity contribution in [1.29, 1.82) is 0 Å². The van der Waals surface area contributed by atoms with Crippen LogP contribution in [0.3, 0.4) is 0 Å². The Balaban J connectivity index is 1.65. The fraction of sp³-hybridized carbons (Fsp3) is 0.158. The Kier molecular flexibility index (Phi) is 5.36. The van der Waals surface area contributed by atoms with Gasteiger partial charge in [-0.1, -0.05) is 41.9 Å². The Morgan fingerprint density at radius 3 is 2.72 bits per heavy atom. The molecule has 1 aliphatic rings. The topological polar surface area (TPSA) is 61.4 Å². The molecule has 25 heavy (non-hydrogen) atoms. The maximum absolute atomic E-state index is 12.0. The first-order valence-electron chi connectivity index (χ1n) is 7.97. The molecule has 2 aromatic rings. The van der Waals surface area contributed by atoms with Crippen LogP contribution in [0.5, 0.6) is 0 Å². The van der Waals surface area contributed by atoms with Crippen LogP contribution in [0.25, 0.3) is 6.08 Å². The molecule has 3 rings (SSSR count). The molecule has 0 bridgehead atoms. The molecule has 1 heterocycles. The van der Waals surface area contributed by atoms with Crippen molar-refractivity contribution in [2.45, 2.75) is 0 Å². The number of rotatable bonds is 4. The highest BCUT2D eigenvalue weighted by Crippen LogP contribution is 2.29. The molecule has 2 N–H and O–H groups in total. The van der Waals surface area contributed by atoms with E-state index in [-0.39, 0.29) is 18.4 Å². The van der Waals surface area contributed by atoms with Gasteiger partial charge in [-0.3, -0.25) is 9.59 Å². The lowest BCUT2D eigenvalue weighted by molar-refractivity contribution is -0.120. The van der Waals surface area contributed by atoms with Crippen LogP contribution in [-0.4, -0.2) is 31.4 Å². The van der Waals surface area contributed by atoms with Crippen molar-refractivity contribution < 1.29 is 9.59 Å². The molecule has 2 amide bonds. The number of halogens is 1. The van der Waals surface area contributed by atoms with E-state index in [2.05, 4.69) is 10.6 Å². The predicted molar refractivity (Wildman–Crippen MR) is 101 cm³/mol. The van der Waals surface area contributed by atoms with Crippen molar-refractivity contribution in [3.05, 3.63) is 65.2 Å². The van der Waals surface area contributed by atoms with Gasteiger partial charge in [0.2, 0.25) is 11.8 Å². The molecule has 0 aliphatic carbocycles. The van der Waals surface area contributed by atoms with Crippen molar-refractivity contribution in [2.24, 2.45) is 0 Å². The highest BCUT2D eigenvalue weighted by atomic mass is 35.5. The quantitative estimate of drug-likeness (QED) is 0.829. The molecule has 0 aromatic heterocycles. The van der Waals surface area contributed by atoms with Crippen LogP contribution in [0.2, 0.25) is 5.02 Å². The number of carbonyl (C=O) groups is 2. The zero-order valence-corrected chi connectivity index (χ0v) is 14.3. The normalized spacial score (nSPS) is 14.4. The van der Waals surface area contributed by atoms with Crippen molar-refractivity contribution in [3.63, 3.8) is 0 Å². The van der Waals surface area contributed by atoms with Gasteiger partial charge in [0, 0.05) is 24.9 Å². The third kappa shape index (κ3) is 4.61. The fourth-order valence-corrected chi connectivity index (χ4v) is 2.91. The first-order chi connectivity index (χ1) is 12.1. The van der Waals surface area contributed by atoms with Gasteiger partial charge in [-0.25, -0.2) is 0 Å². The maximum Gasteiger partial charge on any atom is 0.248 e. The second kappa shape index (κ2) is 7.85. The highest BCUT2D eigenvalue weighted by molar-refractivity contribution is 6.33. The second-order valence-corrected chi connectivity index (χ2v) is 6.08. The number of hydrogen-bond acceptors (Lipinski definition) is 3. The Hall–Kier alpha value is -2.79. The summed E-state index contributed by atoms with van der Waals surface area (Å²) in [5.74, 6) is -0.254. The largest absolute Gasteiger partial charge is 0.359 e. The van der Waals surface area contributed by atoms with Crippen LogP contribution in [0.1, 0.15) is 5.56 Å². The molecule has 6 heteroatoms.